The summed E-state index contributed by atoms with van der Waals surface area (Å²) in [7, 11) is 1.58. The van der Waals surface area contributed by atoms with Gasteiger partial charge in [0, 0.05) is 10.5 Å². The third-order valence-corrected chi connectivity index (χ3v) is 5.00. The van der Waals surface area contributed by atoms with Crippen molar-refractivity contribution in [3.63, 3.8) is 0 Å². The SMILES string of the molecule is COc1ccccc1SC1=C(C)C(=O)CC(=O)C1COCCO. The zero-order chi connectivity index (χ0) is 16.8. The highest BCUT2D eigenvalue weighted by Gasteiger charge is 2.34. The average molecular weight is 336 g/mol. The summed E-state index contributed by atoms with van der Waals surface area (Å²) in [5.74, 6) is -0.0748. The molecule has 0 spiro atoms. The van der Waals surface area contributed by atoms with Crippen LogP contribution >= 0.6 is 11.8 Å². The number of methoxy groups -OCH3 is 1. The van der Waals surface area contributed by atoms with Crippen LogP contribution in [0.5, 0.6) is 5.75 Å². The Morgan fingerprint density at radius 1 is 1.30 bits per heavy atom. The van der Waals surface area contributed by atoms with Crippen LogP contribution in [-0.4, -0.2) is 43.6 Å². The lowest BCUT2D eigenvalue weighted by Gasteiger charge is -2.25. The van der Waals surface area contributed by atoms with E-state index in [1.165, 1.54) is 11.8 Å². The van der Waals surface area contributed by atoms with Gasteiger partial charge in [0.05, 0.1) is 44.2 Å². The molecule has 1 atom stereocenters. The molecular formula is C17H20O5S. The minimum atomic E-state index is -0.478. The second kappa shape index (κ2) is 8.29. The Balaban J connectivity index is 2.30. The minimum absolute atomic E-state index is 0.0883. The summed E-state index contributed by atoms with van der Waals surface area (Å²) in [5.41, 5.74) is 0.595. The highest BCUT2D eigenvalue weighted by Crippen LogP contribution is 2.42. The molecule has 0 saturated carbocycles. The lowest BCUT2D eigenvalue weighted by atomic mass is 9.89. The first kappa shape index (κ1) is 17.7. The standard InChI is InChI=1S/C17H20O5S/c1-11-13(19)9-14(20)12(10-22-8-7-18)17(11)23-16-6-4-3-5-15(16)21-2/h3-6,12,18H,7-10H2,1-2H3. The third kappa shape index (κ3) is 4.22. The van der Waals surface area contributed by atoms with E-state index in [1.807, 2.05) is 24.3 Å². The molecular weight excluding hydrogens is 316 g/mol. The molecule has 1 N–H and O–H groups in total. The largest absolute Gasteiger partial charge is 0.496 e. The maximum atomic E-state index is 12.3. The summed E-state index contributed by atoms with van der Waals surface area (Å²) >= 11 is 1.37. The molecule has 1 aromatic rings. The van der Waals surface area contributed by atoms with Crippen LogP contribution in [0.4, 0.5) is 0 Å². The van der Waals surface area contributed by atoms with Gasteiger partial charge in [0.15, 0.2) is 11.6 Å². The van der Waals surface area contributed by atoms with Crippen LogP contribution in [0.3, 0.4) is 0 Å². The Hall–Kier alpha value is -1.63. The number of benzene rings is 1. The monoisotopic (exact) mass is 336 g/mol. The predicted octanol–water partition coefficient (Wildman–Crippen LogP) is 2.23. The molecule has 23 heavy (non-hydrogen) atoms. The molecule has 0 aromatic heterocycles. The minimum Gasteiger partial charge on any atom is -0.496 e. The van der Waals surface area contributed by atoms with E-state index < -0.39 is 5.92 Å². The van der Waals surface area contributed by atoms with Crippen molar-refractivity contribution in [3.8, 4) is 5.75 Å². The van der Waals surface area contributed by atoms with Crippen LogP contribution < -0.4 is 4.74 Å². The highest BCUT2D eigenvalue weighted by molar-refractivity contribution is 8.03. The summed E-state index contributed by atoms with van der Waals surface area (Å²) < 4.78 is 10.7. The van der Waals surface area contributed by atoms with Gasteiger partial charge >= 0.3 is 0 Å². The Bertz CT molecular complexity index is 623. The summed E-state index contributed by atoms with van der Waals surface area (Å²) in [5, 5.41) is 8.83. The molecule has 0 aliphatic heterocycles. The van der Waals surface area contributed by atoms with Crippen LogP contribution in [0.25, 0.3) is 0 Å². The van der Waals surface area contributed by atoms with Gasteiger partial charge in [-0.25, -0.2) is 0 Å². The van der Waals surface area contributed by atoms with E-state index >= 15 is 0 Å². The van der Waals surface area contributed by atoms with Crippen LogP contribution in [0.1, 0.15) is 13.3 Å². The maximum Gasteiger partial charge on any atom is 0.166 e. The Morgan fingerprint density at radius 3 is 2.74 bits per heavy atom. The van der Waals surface area contributed by atoms with Gasteiger partial charge in [-0.15, -0.1) is 0 Å². The molecule has 5 nitrogen and oxygen atoms in total. The maximum absolute atomic E-state index is 12.3. The van der Waals surface area contributed by atoms with E-state index in [1.54, 1.807) is 14.0 Å². The van der Waals surface area contributed by atoms with Gasteiger partial charge in [0.2, 0.25) is 0 Å². The van der Waals surface area contributed by atoms with E-state index in [-0.39, 0.29) is 37.8 Å². The lowest BCUT2D eigenvalue weighted by Crippen LogP contribution is -2.30. The number of para-hydroxylation sites is 1. The van der Waals surface area contributed by atoms with Gasteiger partial charge in [-0.05, 0) is 19.1 Å². The fraction of sp³-hybridized carbons (Fsp3) is 0.412. The topological polar surface area (TPSA) is 72.8 Å². The lowest BCUT2D eigenvalue weighted by molar-refractivity contribution is -0.129. The van der Waals surface area contributed by atoms with Crippen molar-refractivity contribution in [3.05, 3.63) is 34.7 Å². The number of aliphatic hydroxyl groups excluding tert-OH is 1. The molecule has 124 valence electrons. The molecule has 1 aromatic carbocycles. The molecule has 0 bridgehead atoms. The normalized spacial score (nSPS) is 18.5. The molecule has 0 amide bonds. The Morgan fingerprint density at radius 2 is 2.04 bits per heavy atom. The van der Waals surface area contributed by atoms with Gasteiger partial charge in [-0.2, -0.15) is 0 Å². The first-order valence-electron chi connectivity index (χ1n) is 7.34. The fourth-order valence-corrected chi connectivity index (χ4v) is 3.61. The molecule has 1 aliphatic rings. The summed E-state index contributed by atoms with van der Waals surface area (Å²) in [4.78, 5) is 25.8. The van der Waals surface area contributed by atoms with Crippen molar-refractivity contribution in [2.75, 3.05) is 26.9 Å². The van der Waals surface area contributed by atoms with Gasteiger partial charge in [0.1, 0.15) is 5.75 Å². The average Bonchev–Trinajstić information content (AvgIpc) is 2.55. The summed E-state index contributed by atoms with van der Waals surface area (Å²) in [6.07, 6.45) is -0.0883. The second-order valence-corrected chi connectivity index (χ2v) is 6.24. The molecule has 1 unspecified atom stereocenters. The Labute approximate surface area is 139 Å². The molecule has 0 fully saturated rings. The number of thioether (sulfide) groups is 1. The molecule has 6 heteroatoms. The van der Waals surface area contributed by atoms with Gasteiger partial charge in [0.25, 0.3) is 0 Å². The first-order chi connectivity index (χ1) is 11.1. The number of rotatable bonds is 7. The van der Waals surface area contributed by atoms with Crippen molar-refractivity contribution < 1.29 is 24.2 Å². The molecule has 0 radical (unpaired) electrons. The molecule has 1 aliphatic carbocycles. The van der Waals surface area contributed by atoms with Gasteiger partial charge < -0.3 is 14.6 Å². The number of carbonyl (C=O) groups excluding carboxylic acids is 2. The molecule has 0 heterocycles. The number of ketones is 2. The molecule has 2 rings (SSSR count). The predicted molar refractivity (Wildman–Crippen MR) is 87.6 cm³/mol. The number of hydrogen-bond donors (Lipinski definition) is 1. The van der Waals surface area contributed by atoms with Crippen LogP contribution in [0, 0.1) is 5.92 Å². The van der Waals surface area contributed by atoms with Crippen molar-refractivity contribution in [1.29, 1.82) is 0 Å². The number of carbonyl (C=O) groups is 2. The Kier molecular flexibility index (Phi) is 6.38. The van der Waals surface area contributed by atoms with E-state index in [4.69, 9.17) is 14.6 Å². The van der Waals surface area contributed by atoms with E-state index in [0.29, 0.717) is 16.2 Å². The van der Waals surface area contributed by atoms with Crippen LogP contribution in [0.2, 0.25) is 0 Å². The highest BCUT2D eigenvalue weighted by atomic mass is 32.2. The second-order valence-electron chi connectivity index (χ2n) is 5.16. The van der Waals surface area contributed by atoms with Crippen molar-refractivity contribution in [2.24, 2.45) is 5.92 Å². The quantitative estimate of drug-likeness (QED) is 0.608. The van der Waals surface area contributed by atoms with E-state index in [2.05, 4.69) is 0 Å². The van der Waals surface area contributed by atoms with E-state index in [0.717, 1.165) is 4.90 Å². The van der Waals surface area contributed by atoms with E-state index in [9.17, 15) is 9.59 Å². The number of Topliss-reactive ketones (excluding diaryl/α,β-unsaturated/α-hetero) is 2. The van der Waals surface area contributed by atoms with Gasteiger partial charge in [-0.1, -0.05) is 23.9 Å². The number of allylic oxidation sites excluding steroid dienone is 1. The number of hydrogen-bond acceptors (Lipinski definition) is 6. The summed E-state index contributed by atoms with van der Waals surface area (Å²) in [6, 6.07) is 7.47. The fourth-order valence-electron chi connectivity index (χ4n) is 2.36. The van der Waals surface area contributed by atoms with Crippen LogP contribution in [0.15, 0.2) is 39.6 Å². The first-order valence-corrected chi connectivity index (χ1v) is 8.16. The number of ether oxygens (including phenoxy) is 2. The van der Waals surface area contributed by atoms with Gasteiger partial charge in [-0.3, -0.25) is 9.59 Å². The number of aliphatic hydroxyl groups is 1. The zero-order valence-electron chi connectivity index (χ0n) is 13.2. The van der Waals surface area contributed by atoms with Crippen molar-refractivity contribution >= 4 is 23.3 Å². The van der Waals surface area contributed by atoms with Crippen molar-refractivity contribution in [1.82, 2.24) is 0 Å². The third-order valence-electron chi connectivity index (χ3n) is 3.64. The summed E-state index contributed by atoms with van der Waals surface area (Å²) in [6.45, 7) is 1.98. The smallest absolute Gasteiger partial charge is 0.166 e. The van der Waals surface area contributed by atoms with Crippen LogP contribution in [-0.2, 0) is 14.3 Å². The molecule has 0 saturated heterocycles. The van der Waals surface area contributed by atoms with Crippen molar-refractivity contribution in [2.45, 2.75) is 18.2 Å². The zero-order valence-corrected chi connectivity index (χ0v) is 14.0.